The molecule has 0 aliphatic carbocycles. The number of carbonyl (C=O) groups is 2. The van der Waals surface area contributed by atoms with Crippen molar-refractivity contribution in [2.75, 3.05) is 7.11 Å². The molecule has 124 valence electrons. The molecule has 1 aromatic carbocycles. The Morgan fingerprint density at radius 2 is 2.09 bits per heavy atom. The first-order valence-corrected chi connectivity index (χ1v) is 8.61. The van der Waals surface area contributed by atoms with Crippen molar-refractivity contribution in [3.8, 4) is 0 Å². The summed E-state index contributed by atoms with van der Waals surface area (Å²) < 4.78 is 7.70. The number of amides is 1. The van der Waals surface area contributed by atoms with Crippen LogP contribution in [0.15, 0.2) is 23.2 Å². The normalized spacial score (nSPS) is 11.9. The molecule has 0 spiro atoms. The standard InChI is InChI=1S/C17H22N2O3S/c1-4-5-6-15(20)18-17-19(10-9-16(21)22-3)13-8-7-12(2)11-14(13)23-17/h7-8,11H,4-6,9-10H2,1-3H3. The highest BCUT2D eigenvalue weighted by atomic mass is 32.1. The van der Waals surface area contributed by atoms with Crippen LogP contribution in [0.4, 0.5) is 0 Å². The Kier molecular flexibility index (Phi) is 6.10. The molecular weight excluding hydrogens is 312 g/mol. The molecule has 0 saturated heterocycles. The van der Waals surface area contributed by atoms with Gasteiger partial charge >= 0.3 is 5.97 Å². The number of methoxy groups -OCH3 is 1. The van der Waals surface area contributed by atoms with Crippen LogP contribution in [0.3, 0.4) is 0 Å². The monoisotopic (exact) mass is 334 g/mol. The number of unbranched alkanes of at least 4 members (excludes halogenated alkanes) is 1. The third-order valence-corrected chi connectivity index (χ3v) is 4.61. The third kappa shape index (κ3) is 4.51. The maximum atomic E-state index is 12.0. The fourth-order valence-corrected chi connectivity index (χ4v) is 3.45. The van der Waals surface area contributed by atoms with Crippen LogP contribution < -0.4 is 4.80 Å². The summed E-state index contributed by atoms with van der Waals surface area (Å²) in [6.45, 7) is 4.53. The molecule has 1 amide bonds. The molecule has 2 aromatic rings. The topological polar surface area (TPSA) is 60.7 Å². The zero-order valence-electron chi connectivity index (χ0n) is 13.8. The van der Waals surface area contributed by atoms with Crippen molar-refractivity contribution in [3.05, 3.63) is 28.6 Å². The van der Waals surface area contributed by atoms with Gasteiger partial charge < -0.3 is 9.30 Å². The Hall–Kier alpha value is -1.95. The van der Waals surface area contributed by atoms with Crippen molar-refractivity contribution < 1.29 is 14.3 Å². The van der Waals surface area contributed by atoms with E-state index in [1.54, 1.807) is 0 Å². The van der Waals surface area contributed by atoms with Gasteiger partial charge in [-0.05, 0) is 31.0 Å². The summed E-state index contributed by atoms with van der Waals surface area (Å²) in [5.41, 5.74) is 2.15. The fourth-order valence-electron chi connectivity index (χ4n) is 2.28. The van der Waals surface area contributed by atoms with Crippen molar-refractivity contribution in [2.24, 2.45) is 4.99 Å². The summed E-state index contributed by atoms with van der Waals surface area (Å²) in [6.07, 6.45) is 2.52. The maximum absolute atomic E-state index is 12.0. The zero-order chi connectivity index (χ0) is 16.8. The number of esters is 1. The van der Waals surface area contributed by atoms with Crippen LogP contribution in [-0.2, 0) is 20.9 Å². The van der Waals surface area contributed by atoms with Gasteiger partial charge in [-0.15, -0.1) is 0 Å². The number of hydrogen-bond acceptors (Lipinski definition) is 4. The van der Waals surface area contributed by atoms with E-state index in [1.165, 1.54) is 18.4 Å². The molecule has 2 rings (SSSR count). The van der Waals surface area contributed by atoms with E-state index in [0.29, 0.717) is 17.8 Å². The Morgan fingerprint density at radius 3 is 2.78 bits per heavy atom. The zero-order valence-corrected chi connectivity index (χ0v) is 14.6. The molecule has 0 unspecified atom stereocenters. The van der Waals surface area contributed by atoms with E-state index in [9.17, 15) is 9.59 Å². The second-order valence-corrected chi connectivity index (χ2v) is 6.45. The van der Waals surface area contributed by atoms with Crippen molar-refractivity contribution >= 4 is 33.4 Å². The minimum Gasteiger partial charge on any atom is -0.469 e. The lowest BCUT2D eigenvalue weighted by Crippen LogP contribution is -2.19. The Balaban J connectivity index is 2.42. The second kappa shape index (κ2) is 8.06. The van der Waals surface area contributed by atoms with Crippen LogP contribution in [0.5, 0.6) is 0 Å². The number of aryl methyl sites for hydroxylation is 2. The van der Waals surface area contributed by atoms with Crippen LogP contribution in [0.25, 0.3) is 10.2 Å². The summed E-state index contributed by atoms with van der Waals surface area (Å²) >= 11 is 1.48. The average Bonchev–Trinajstić information content (AvgIpc) is 2.86. The van der Waals surface area contributed by atoms with Gasteiger partial charge in [0.05, 0.1) is 23.7 Å². The van der Waals surface area contributed by atoms with Gasteiger partial charge in [0.15, 0.2) is 4.80 Å². The summed E-state index contributed by atoms with van der Waals surface area (Å²) in [7, 11) is 1.38. The van der Waals surface area contributed by atoms with Crippen molar-refractivity contribution in [1.29, 1.82) is 0 Å². The van der Waals surface area contributed by atoms with Gasteiger partial charge in [-0.3, -0.25) is 9.59 Å². The number of rotatable bonds is 6. The molecule has 0 atom stereocenters. The van der Waals surface area contributed by atoms with E-state index < -0.39 is 0 Å². The molecule has 0 bridgehead atoms. The van der Waals surface area contributed by atoms with Crippen LogP contribution >= 0.6 is 11.3 Å². The van der Waals surface area contributed by atoms with E-state index in [-0.39, 0.29) is 18.3 Å². The summed E-state index contributed by atoms with van der Waals surface area (Å²) in [4.78, 5) is 28.3. The Morgan fingerprint density at radius 1 is 1.30 bits per heavy atom. The minimum atomic E-state index is -0.271. The van der Waals surface area contributed by atoms with E-state index in [1.807, 2.05) is 30.5 Å². The largest absolute Gasteiger partial charge is 0.469 e. The van der Waals surface area contributed by atoms with Gasteiger partial charge in [-0.2, -0.15) is 4.99 Å². The molecule has 23 heavy (non-hydrogen) atoms. The molecule has 0 aliphatic rings. The predicted molar refractivity (Wildman–Crippen MR) is 91.3 cm³/mol. The molecule has 1 heterocycles. The number of carbonyl (C=O) groups excluding carboxylic acids is 2. The highest BCUT2D eigenvalue weighted by Gasteiger charge is 2.10. The van der Waals surface area contributed by atoms with Crippen LogP contribution in [0, 0.1) is 6.92 Å². The number of hydrogen-bond donors (Lipinski definition) is 0. The molecule has 0 N–H and O–H groups in total. The van der Waals surface area contributed by atoms with Crippen molar-refractivity contribution in [1.82, 2.24) is 4.57 Å². The molecule has 0 aliphatic heterocycles. The highest BCUT2D eigenvalue weighted by molar-refractivity contribution is 7.16. The van der Waals surface area contributed by atoms with Crippen molar-refractivity contribution in [3.63, 3.8) is 0 Å². The summed E-state index contributed by atoms with van der Waals surface area (Å²) in [6, 6.07) is 6.10. The van der Waals surface area contributed by atoms with Gasteiger partial charge in [-0.1, -0.05) is 30.7 Å². The molecular formula is C17H22N2O3S. The van der Waals surface area contributed by atoms with E-state index in [2.05, 4.69) is 11.1 Å². The lowest BCUT2D eigenvalue weighted by Gasteiger charge is -2.04. The number of nitrogens with zero attached hydrogens (tertiary/aromatic N) is 2. The van der Waals surface area contributed by atoms with Crippen LogP contribution in [0.2, 0.25) is 0 Å². The number of benzene rings is 1. The van der Waals surface area contributed by atoms with Gasteiger partial charge in [0.2, 0.25) is 5.91 Å². The number of fused-ring (bicyclic) bond motifs is 1. The summed E-state index contributed by atoms with van der Waals surface area (Å²) in [5.74, 6) is -0.380. The van der Waals surface area contributed by atoms with E-state index in [0.717, 1.165) is 28.6 Å². The smallest absolute Gasteiger partial charge is 0.307 e. The Labute approximate surface area is 139 Å². The van der Waals surface area contributed by atoms with E-state index in [4.69, 9.17) is 4.74 Å². The first-order valence-electron chi connectivity index (χ1n) is 7.79. The molecule has 5 nitrogen and oxygen atoms in total. The maximum Gasteiger partial charge on any atom is 0.307 e. The second-order valence-electron chi connectivity index (χ2n) is 5.44. The molecule has 0 saturated carbocycles. The van der Waals surface area contributed by atoms with Crippen LogP contribution in [-0.4, -0.2) is 23.6 Å². The average molecular weight is 334 g/mol. The van der Waals surface area contributed by atoms with Gasteiger partial charge in [0, 0.05) is 13.0 Å². The first kappa shape index (κ1) is 17.4. The minimum absolute atomic E-state index is 0.109. The molecule has 1 aromatic heterocycles. The van der Waals surface area contributed by atoms with Gasteiger partial charge in [0.25, 0.3) is 0 Å². The SMILES string of the molecule is CCCCC(=O)N=c1sc2cc(C)ccc2n1CCC(=O)OC. The third-order valence-electron chi connectivity index (χ3n) is 3.57. The first-order chi connectivity index (χ1) is 11.0. The number of thiazole rings is 1. The summed E-state index contributed by atoms with van der Waals surface area (Å²) in [5, 5.41) is 0. The lowest BCUT2D eigenvalue weighted by atomic mass is 10.2. The number of ether oxygens (including phenoxy) is 1. The van der Waals surface area contributed by atoms with Crippen LogP contribution in [0.1, 0.15) is 38.2 Å². The lowest BCUT2D eigenvalue weighted by molar-refractivity contribution is -0.140. The molecule has 0 fully saturated rings. The van der Waals surface area contributed by atoms with Gasteiger partial charge in [-0.25, -0.2) is 0 Å². The van der Waals surface area contributed by atoms with Gasteiger partial charge in [0.1, 0.15) is 0 Å². The molecule has 6 heteroatoms. The van der Waals surface area contributed by atoms with E-state index >= 15 is 0 Å². The van der Waals surface area contributed by atoms with Crippen molar-refractivity contribution in [2.45, 2.75) is 46.1 Å². The quantitative estimate of drug-likeness (QED) is 0.762. The molecule has 0 radical (unpaired) electrons. The fraction of sp³-hybridized carbons (Fsp3) is 0.471. The highest BCUT2D eigenvalue weighted by Crippen LogP contribution is 2.19. The Bertz CT molecular complexity index is 774. The predicted octanol–water partition coefficient (Wildman–Crippen LogP) is 3.19. The number of aromatic nitrogens is 1.